The Labute approximate surface area is 207 Å². The summed E-state index contributed by atoms with van der Waals surface area (Å²) in [5.41, 5.74) is 8.74. The molecule has 0 radical (unpaired) electrons. The molecule has 0 saturated carbocycles. The van der Waals surface area contributed by atoms with Crippen molar-refractivity contribution in [1.82, 2.24) is 29.6 Å². The summed E-state index contributed by atoms with van der Waals surface area (Å²) in [4.78, 5) is 39.5. The smallest absolute Gasteiger partial charge is 0.298 e. The Morgan fingerprint density at radius 1 is 1.11 bits per heavy atom. The van der Waals surface area contributed by atoms with E-state index in [1.165, 1.54) is 6.33 Å². The van der Waals surface area contributed by atoms with Gasteiger partial charge in [0.2, 0.25) is 0 Å². The highest BCUT2D eigenvalue weighted by Crippen LogP contribution is 2.33. The maximum absolute atomic E-state index is 12.6. The zero-order chi connectivity index (χ0) is 25.1. The number of nitrogens with zero attached hydrogens (tertiary/aromatic N) is 6. The van der Waals surface area contributed by atoms with E-state index in [-0.39, 0.29) is 17.9 Å². The van der Waals surface area contributed by atoms with E-state index in [1.54, 1.807) is 48.4 Å². The molecule has 0 bridgehead atoms. The number of hydrogen-bond acceptors (Lipinski definition) is 7. The quantitative estimate of drug-likeness (QED) is 0.429. The second-order valence-electron chi connectivity index (χ2n) is 8.42. The van der Waals surface area contributed by atoms with Crippen molar-refractivity contribution < 1.29 is 9.59 Å². The van der Waals surface area contributed by atoms with Crippen LogP contribution in [-0.2, 0) is 4.79 Å². The van der Waals surface area contributed by atoms with Crippen molar-refractivity contribution in [2.24, 2.45) is 0 Å². The Bertz CT molecular complexity index is 1490. The van der Waals surface area contributed by atoms with Gasteiger partial charge in [-0.3, -0.25) is 9.59 Å². The number of hydrogen-bond donors (Lipinski definition) is 2. The van der Waals surface area contributed by atoms with Gasteiger partial charge < -0.3 is 16.0 Å². The summed E-state index contributed by atoms with van der Waals surface area (Å²) in [7, 11) is 0. The number of carbonyl (C=O) groups is 2. The molecule has 4 heterocycles. The van der Waals surface area contributed by atoms with Gasteiger partial charge in [0.05, 0.1) is 11.4 Å². The average Bonchev–Trinajstić information content (AvgIpc) is 3.31. The standard InChI is InChI=1S/C26H24N8O2/c1-2-6-21(35)33-14-5-7-19(15-33)34-25-22(24(27)29-16-30-25)23(32-34)17-9-11-18(12-10-17)26(36)31-20-8-3-4-13-28-20/h3-4,8-13,16,19H,5,7,14-15H2,1H3,(H2,27,29,30)(H,28,31,36)/t19-/m1/s1. The number of pyridine rings is 1. The van der Waals surface area contributed by atoms with E-state index in [4.69, 9.17) is 10.8 Å². The topological polar surface area (TPSA) is 132 Å². The zero-order valence-electron chi connectivity index (χ0n) is 19.7. The van der Waals surface area contributed by atoms with Crippen LogP contribution >= 0.6 is 0 Å². The molecule has 1 saturated heterocycles. The van der Waals surface area contributed by atoms with E-state index in [2.05, 4.69) is 32.1 Å². The zero-order valence-corrected chi connectivity index (χ0v) is 19.7. The van der Waals surface area contributed by atoms with Crippen molar-refractivity contribution in [3.8, 4) is 23.1 Å². The molecule has 0 spiro atoms. The van der Waals surface area contributed by atoms with E-state index < -0.39 is 0 Å². The van der Waals surface area contributed by atoms with Crippen LogP contribution in [0.3, 0.4) is 0 Å². The number of nitrogen functional groups attached to an aromatic ring is 1. The van der Waals surface area contributed by atoms with Crippen molar-refractivity contribution in [2.45, 2.75) is 25.8 Å². The average molecular weight is 481 g/mol. The summed E-state index contributed by atoms with van der Waals surface area (Å²) in [6.07, 6.45) is 4.71. The molecule has 1 aromatic carbocycles. The highest BCUT2D eigenvalue weighted by atomic mass is 16.2. The van der Waals surface area contributed by atoms with E-state index in [1.807, 2.05) is 16.8 Å². The lowest BCUT2D eigenvalue weighted by atomic mass is 10.1. The minimum atomic E-state index is -0.263. The van der Waals surface area contributed by atoms with Crippen molar-refractivity contribution >= 4 is 34.5 Å². The van der Waals surface area contributed by atoms with Gasteiger partial charge in [0.1, 0.15) is 23.7 Å². The van der Waals surface area contributed by atoms with Crippen LogP contribution in [0.15, 0.2) is 55.0 Å². The summed E-state index contributed by atoms with van der Waals surface area (Å²) in [6, 6.07) is 12.3. The third-order valence-electron chi connectivity index (χ3n) is 6.11. The molecule has 3 aromatic heterocycles. The van der Waals surface area contributed by atoms with Gasteiger partial charge in [-0.05, 0) is 50.0 Å². The number of amides is 2. The molecule has 4 aromatic rings. The second-order valence-corrected chi connectivity index (χ2v) is 8.42. The molecular formula is C26H24N8O2. The summed E-state index contributed by atoms with van der Waals surface area (Å²) in [6.45, 7) is 2.80. The molecule has 36 heavy (non-hydrogen) atoms. The number of aromatic nitrogens is 5. The number of carbonyl (C=O) groups excluding carboxylic acids is 2. The molecular weight excluding hydrogens is 456 g/mol. The molecule has 10 nitrogen and oxygen atoms in total. The van der Waals surface area contributed by atoms with Gasteiger partial charge in [-0.15, -0.1) is 0 Å². The van der Waals surface area contributed by atoms with Gasteiger partial charge in [-0.2, -0.15) is 5.10 Å². The Kier molecular flexibility index (Phi) is 6.28. The van der Waals surface area contributed by atoms with Crippen molar-refractivity contribution in [3.63, 3.8) is 0 Å². The number of nitrogens with two attached hydrogens (primary N) is 1. The first kappa shape index (κ1) is 23.0. The van der Waals surface area contributed by atoms with Gasteiger partial charge >= 0.3 is 0 Å². The lowest BCUT2D eigenvalue weighted by Crippen LogP contribution is -2.40. The van der Waals surface area contributed by atoms with Crippen LogP contribution < -0.4 is 11.1 Å². The van der Waals surface area contributed by atoms with Gasteiger partial charge in [0, 0.05) is 30.4 Å². The molecule has 1 aliphatic heterocycles. The first-order chi connectivity index (χ1) is 17.5. The largest absolute Gasteiger partial charge is 0.383 e. The SMILES string of the molecule is CC#CC(=O)N1CCC[C@@H](n2nc(-c3ccc(C(=O)Nc4ccccn4)cc3)c3c(N)ncnc32)C1. The third kappa shape index (κ3) is 4.46. The lowest BCUT2D eigenvalue weighted by Gasteiger charge is -2.31. The molecule has 2 amide bonds. The van der Waals surface area contributed by atoms with Gasteiger partial charge in [-0.1, -0.05) is 24.1 Å². The van der Waals surface area contributed by atoms with Crippen molar-refractivity contribution in [2.75, 3.05) is 24.1 Å². The lowest BCUT2D eigenvalue weighted by molar-refractivity contribution is -0.126. The Morgan fingerprint density at radius 2 is 1.94 bits per heavy atom. The molecule has 180 valence electrons. The fourth-order valence-electron chi connectivity index (χ4n) is 4.38. The highest BCUT2D eigenvalue weighted by Gasteiger charge is 2.28. The number of likely N-dealkylation sites (tertiary alicyclic amines) is 1. The minimum Gasteiger partial charge on any atom is -0.383 e. The third-order valence-corrected chi connectivity index (χ3v) is 6.11. The van der Waals surface area contributed by atoms with Gasteiger partial charge in [0.25, 0.3) is 11.8 Å². The number of rotatable bonds is 4. The Balaban J connectivity index is 1.46. The Morgan fingerprint density at radius 3 is 2.69 bits per heavy atom. The molecule has 1 atom stereocenters. The maximum Gasteiger partial charge on any atom is 0.298 e. The van der Waals surface area contributed by atoms with E-state index in [0.717, 1.165) is 18.4 Å². The van der Waals surface area contributed by atoms with Crippen LogP contribution in [-0.4, -0.2) is 54.5 Å². The fourth-order valence-corrected chi connectivity index (χ4v) is 4.38. The van der Waals surface area contributed by atoms with Crippen LogP contribution in [0.1, 0.15) is 36.2 Å². The normalized spacial score (nSPS) is 15.2. The summed E-state index contributed by atoms with van der Waals surface area (Å²) >= 11 is 0. The number of anilines is 2. The van der Waals surface area contributed by atoms with Crippen molar-refractivity contribution in [1.29, 1.82) is 0 Å². The van der Waals surface area contributed by atoms with Crippen molar-refractivity contribution in [3.05, 3.63) is 60.6 Å². The van der Waals surface area contributed by atoms with Crippen LogP contribution in [0.25, 0.3) is 22.3 Å². The van der Waals surface area contributed by atoms with Gasteiger partial charge in [-0.25, -0.2) is 19.6 Å². The molecule has 5 rings (SSSR count). The van der Waals surface area contributed by atoms with Crippen LogP contribution in [0.2, 0.25) is 0 Å². The minimum absolute atomic E-state index is 0.0738. The van der Waals surface area contributed by atoms with E-state index in [0.29, 0.717) is 47.0 Å². The number of fused-ring (bicyclic) bond motifs is 1. The summed E-state index contributed by atoms with van der Waals surface area (Å²) in [5, 5.41) is 8.29. The number of benzene rings is 1. The van der Waals surface area contributed by atoms with Gasteiger partial charge in [0.15, 0.2) is 5.65 Å². The summed E-state index contributed by atoms with van der Waals surface area (Å²) < 4.78 is 1.84. The first-order valence-electron chi connectivity index (χ1n) is 11.6. The fraction of sp³-hybridized carbons (Fsp3) is 0.231. The number of nitrogens with one attached hydrogen (secondary N) is 1. The number of piperidine rings is 1. The van der Waals surface area contributed by atoms with Crippen LogP contribution in [0, 0.1) is 11.8 Å². The highest BCUT2D eigenvalue weighted by molar-refractivity contribution is 6.04. The first-order valence-corrected chi connectivity index (χ1v) is 11.6. The van der Waals surface area contributed by atoms with E-state index >= 15 is 0 Å². The molecule has 0 aliphatic carbocycles. The predicted molar refractivity (Wildman–Crippen MR) is 136 cm³/mol. The predicted octanol–water partition coefficient (Wildman–Crippen LogP) is 2.91. The second kappa shape index (κ2) is 9.84. The van der Waals surface area contributed by atoms with Crippen LogP contribution in [0.5, 0.6) is 0 Å². The van der Waals surface area contributed by atoms with E-state index in [9.17, 15) is 9.59 Å². The Hall–Kier alpha value is -4.78. The molecule has 10 heteroatoms. The monoisotopic (exact) mass is 480 g/mol. The summed E-state index contributed by atoms with van der Waals surface area (Å²) in [5.74, 6) is 5.64. The maximum atomic E-state index is 12.6. The molecule has 3 N–H and O–H groups in total. The molecule has 0 unspecified atom stereocenters. The van der Waals surface area contributed by atoms with Crippen LogP contribution in [0.4, 0.5) is 11.6 Å². The molecule has 1 aliphatic rings. The molecule has 1 fully saturated rings.